The molecule has 4 amide bonds. The van der Waals surface area contributed by atoms with Crippen molar-refractivity contribution >= 4 is 29.6 Å². The number of aliphatic carboxylic acids is 1. The first-order valence-corrected chi connectivity index (χ1v) is 11.0. The highest BCUT2D eigenvalue weighted by Gasteiger charge is 2.47. The van der Waals surface area contributed by atoms with Gasteiger partial charge in [0.25, 0.3) is 0 Å². The number of hydrogen-bond acceptors (Lipinski definition) is 11. The summed E-state index contributed by atoms with van der Waals surface area (Å²) in [7, 11) is 0. The van der Waals surface area contributed by atoms with Crippen molar-refractivity contribution in [3.63, 3.8) is 0 Å². The molecule has 1 rings (SSSR count). The van der Waals surface area contributed by atoms with E-state index in [0.717, 1.165) is 6.92 Å². The van der Waals surface area contributed by atoms with Gasteiger partial charge in [-0.1, -0.05) is 0 Å². The number of primary amides is 1. The molecule has 1 heterocycles. The van der Waals surface area contributed by atoms with E-state index in [4.69, 9.17) is 20.3 Å². The first kappa shape index (κ1) is 31.1. The van der Waals surface area contributed by atoms with Gasteiger partial charge in [-0.15, -0.1) is 0 Å². The highest BCUT2D eigenvalue weighted by Crippen LogP contribution is 2.23. The Morgan fingerprint density at radius 1 is 1.08 bits per heavy atom. The van der Waals surface area contributed by atoms with Crippen LogP contribution in [-0.2, 0) is 33.4 Å². The number of carbonyl (C=O) groups is 5. The molecule has 1 fully saturated rings. The quantitative estimate of drug-likeness (QED) is 0.110. The molecule has 16 heteroatoms. The van der Waals surface area contributed by atoms with Crippen molar-refractivity contribution < 1.29 is 59.0 Å². The van der Waals surface area contributed by atoms with E-state index < -0.39 is 97.6 Å². The molecule has 0 spiro atoms. The molecular formula is C20H34N4O12. The number of rotatable bonds is 13. The Balaban J connectivity index is 2.96. The lowest BCUT2D eigenvalue weighted by Gasteiger charge is -2.43. The van der Waals surface area contributed by atoms with Crippen molar-refractivity contribution in [2.75, 3.05) is 6.61 Å². The molecule has 9 atom stereocenters. The van der Waals surface area contributed by atoms with Gasteiger partial charge >= 0.3 is 5.97 Å². The zero-order valence-electron chi connectivity index (χ0n) is 20.0. The molecule has 1 saturated heterocycles. The van der Waals surface area contributed by atoms with E-state index in [2.05, 4.69) is 16.0 Å². The minimum Gasteiger partial charge on any atom is -0.481 e. The molecular weight excluding hydrogens is 488 g/mol. The average molecular weight is 523 g/mol. The van der Waals surface area contributed by atoms with E-state index in [9.17, 15) is 44.4 Å². The third-order valence-electron chi connectivity index (χ3n) is 5.34. The largest absolute Gasteiger partial charge is 0.481 e. The Morgan fingerprint density at radius 3 is 2.17 bits per heavy atom. The molecule has 1 aliphatic rings. The van der Waals surface area contributed by atoms with Gasteiger partial charge in [-0.3, -0.25) is 24.0 Å². The van der Waals surface area contributed by atoms with Gasteiger partial charge in [-0.25, -0.2) is 0 Å². The molecule has 0 aliphatic carbocycles. The molecule has 0 saturated carbocycles. The molecule has 10 N–H and O–H groups in total. The lowest BCUT2D eigenvalue weighted by molar-refractivity contribution is -0.266. The van der Waals surface area contributed by atoms with Gasteiger partial charge in [-0.05, 0) is 20.3 Å². The van der Waals surface area contributed by atoms with Crippen LogP contribution in [-0.4, -0.2) is 117 Å². The Labute approximate surface area is 206 Å². The van der Waals surface area contributed by atoms with Gasteiger partial charge in [0.15, 0.2) is 6.29 Å². The second-order valence-electron chi connectivity index (χ2n) is 8.33. The van der Waals surface area contributed by atoms with Gasteiger partial charge in [-0.2, -0.15) is 0 Å². The van der Waals surface area contributed by atoms with Gasteiger partial charge in [0.1, 0.15) is 42.5 Å². The number of carboxylic acids is 1. The number of hydrogen-bond donors (Lipinski definition) is 9. The maximum absolute atomic E-state index is 12.7. The average Bonchev–Trinajstić information content (AvgIpc) is 2.77. The van der Waals surface area contributed by atoms with E-state index in [1.165, 1.54) is 13.8 Å². The molecule has 16 nitrogen and oxygen atoms in total. The van der Waals surface area contributed by atoms with Crippen LogP contribution in [0.3, 0.4) is 0 Å². The fourth-order valence-corrected chi connectivity index (χ4v) is 3.42. The fourth-order valence-electron chi connectivity index (χ4n) is 3.42. The van der Waals surface area contributed by atoms with E-state index in [0.29, 0.717) is 0 Å². The van der Waals surface area contributed by atoms with Crippen LogP contribution in [0.25, 0.3) is 0 Å². The van der Waals surface area contributed by atoms with E-state index >= 15 is 0 Å². The summed E-state index contributed by atoms with van der Waals surface area (Å²) in [6, 6.07) is -4.32. The van der Waals surface area contributed by atoms with Crippen molar-refractivity contribution in [1.82, 2.24) is 16.0 Å². The van der Waals surface area contributed by atoms with Crippen LogP contribution in [0.5, 0.6) is 0 Å². The molecule has 206 valence electrons. The lowest BCUT2D eigenvalue weighted by atomic mass is 9.96. The third-order valence-corrected chi connectivity index (χ3v) is 5.34. The zero-order valence-corrected chi connectivity index (χ0v) is 20.0. The summed E-state index contributed by atoms with van der Waals surface area (Å²) in [5.74, 6) is -4.86. The van der Waals surface area contributed by atoms with Gasteiger partial charge < -0.3 is 56.7 Å². The highest BCUT2D eigenvalue weighted by molar-refractivity contribution is 5.93. The minimum absolute atomic E-state index is 0.322. The topological polar surface area (TPSA) is 267 Å². The minimum atomic E-state index is -1.69. The van der Waals surface area contributed by atoms with Crippen LogP contribution in [0, 0.1) is 0 Å². The summed E-state index contributed by atoms with van der Waals surface area (Å²) < 4.78 is 10.6. The predicted octanol–water partition coefficient (Wildman–Crippen LogP) is -4.96. The standard InChI is InChI=1S/C20H34N4O12/c1-7(26)13(19(33)23-10(17(21)31)4-5-12(28)29)24-18(32)8(2)35-16-14(22-9(3)27)20(34)36-11(6-25)15(16)30/h7-8,10-11,13-16,20,25-26,30,34H,4-6H2,1-3H3,(H2,21,31)(H,22,27)(H,23,33)(H,24,32)(H,28,29)/t7?,8?,10?,11-,13?,14-,15-,16-,20?/m1/s1. The lowest BCUT2D eigenvalue weighted by Crippen LogP contribution is -2.66. The normalized spacial score (nSPS) is 27.1. The predicted molar refractivity (Wildman–Crippen MR) is 118 cm³/mol. The number of ether oxygens (including phenoxy) is 2. The molecule has 0 radical (unpaired) electrons. The molecule has 1 aliphatic heterocycles. The van der Waals surface area contributed by atoms with Crippen LogP contribution in [0.1, 0.15) is 33.6 Å². The molecule has 0 bridgehead atoms. The SMILES string of the molecule is CC(=O)N[C@H]1C(O)O[C@H](CO)[C@@H](O)[C@@H]1OC(C)C(=O)NC(C(=O)NC(CCC(=O)O)C(N)=O)C(C)O. The first-order valence-electron chi connectivity index (χ1n) is 11.0. The number of nitrogens with one attached hydrogen (secondary N) is 3. The summed E-state index contributed by atoms with van der Waals surface area (Å²) in [5, 5.41) is 55.5. The Kier molecular flexibility index (Phi) is 12.1. The highest BCUT2D eigenvalue weighted by atomic mass is 16.6. The van der Waals surface area contributed by atoms with Gasteiger partial charge in [0.2, 0.25) is 23.6 Å². The maximum atomic E-state index is 12.7. The number of aliphatic hydroxyl groups excluding tert-OH is 4. The summed E-state index contributed by atoms with van der Waals surface area (Å²) in [6.45, 7) is 2.81. The first-order chi connectivity index (χ1) is 16.7. The van der Waals surface area contributed by atoms with Gasteiger partial charge in [0.05, 0.1) is 12.7 Å². The Hall–Kier alpha value is -2.89. The van der Waals surface area contributed by atoms with Crippen molar-refractivity contribution in [3.8, 4) is 0 Å². The summed E-state index contributed by atoms with van der Waals surface area (Å²) >= 11 is 0. The molecule has 36 heavy (non-hydrogen) atoms. The maximum Gasteiger partial charge on any atom is 0.303 e. The van der Waals surface area contributed by atoms with Gasteiger partial charge in [0, 0.05) is 13.3 Å². The van der Waals surface area contributed by atoms with Crippen molar-refractivity contribution in [3.05, 3.63) is 0 Å². The van der Waals surface area contributed by atoms with E-state index in [1.807, 2.05) is 0 Å². The Morgan fingerprint density at radius 2 is 1.69 bits per heavy atom. The number of nitrogens with two attached hydrogens (primary N) is 1. The monoisotopic (exact) mass is 522 g/mol. The van der Waals surface area contributed by atoms with E-state index in [-0.39, 0.29) is 6.42 Å². The number of amides is 4. The van der Waals surface area contributed by atoms with Crippen LogP contribution in [0.2, 0.25) is 0 Å². The number of carboxylic acid groups (broad SMARTS) is 1. The van der Waals surface area contributed by atoms with Crippen molar-refractivity contribution in [2.45, 2.75) is 88.5 Å². The van der Waals surface area contributed by atoms with Crippen molar-refractivity contribution in [1.29, 1.82) is 0 Å². The van der Waals surface area contributed by atoms with Crippen LogP contribution < -0.4 is 21.7 Å². The molecule has 0 aromatic heterocycles. The number of aliphatic hydroxyl groups is 4. The van der Waals surface area contributed by atoms with Crippen molar-refractivity contribution in [2.24, 2.45) is 5.73 Å². The second-order valence-corrected chi connectivity index (χ2v) is 8.33. The molecule has 5 unspecified atom stereocenters. The second kappa shape index (κ2) is 14.0. The summed E-state index contributed by atoms with van der Waals surface area (Å²) in [6.07, 6.45) is -9.70. The third kappa shape index (κ3) is 8.96. The van der Waals surface area contributed by atoms with Crippen LogP contribution >= 0.6 is 0 Å². The smallest absolute Gasteiger partial charge is 0.303 e. The zero-order chi connectivity index (χ0) is 27.7. The molecule has 0 aromatic carbocycles. The van der Waals surface area contributed by atoms with Crippen LogP contribution in [0.15, 0.2) is 0 Å². The van der Waals surface area contributed by atoms with E-state index in [1.54, 1.807) is 0 Å². The number of carbonyl (C=O) groups excluding carboxylic acids is 4. The fraction of sp³-hybridized carbons (Fsp3) is 0.750. The molecule has 0 aromatic rings. The Bertz CT molecular complexity index is 810. The summed E-state index contributed by atoms with van der Waals surface area (Å²) in [5.41, 5.74) is 5.18. The summed E-state index contributed by atoms with van der Waals surface area (Å²) in [4.78, 5) is 59.1. The van der Waals surface area contributed by atoms with Crippen LogP contribution in [0.4, 0.5) is 0 Å².